The third kappa shape index (κ3) is 5.52. The van der Waals surface area contributed by atoms with Gasteiger partial charge in [0.25, 0.3) is 5.91 Å². The van der Waals surface area contributed by atoms with Gasteiger partial charge in [-0.2, -0.15) is 0 Å². The molecule has 7 heteroatoms. The molecular formula is C31H26F2N4O. The van der Waals surface area contributed by atoms with Crippen LogP contribution < -0.4 is 5.32 Å². The summed E-state index contributed by atoms with van der Waals surface area (Å²) in [5.74, 6) is -1.32. The van der Waals surface area contributed by atoms with E-state index < -0.39 is 17.5 Å². The van der Waals surface area contributed by atoms with Crippen molar-refractivity contribution in [3.63, 3.8) is 0 Å². The zero-order chi connectivity index (χ0) is 26.5. The molecule has 0 saturated heterocycles. The fourth-order valence-corrected chi connectivity index (χ4v) is 4.42. The number of rotatable bonds is 8. The molecule has 190 valence electrons. The number of hydrogen-bond donors (Lipinski definition) is 1. The molecule has 5 rings (SSSR count). The van der Waals surface area contributed by atoms with Gasteiger partial charge in [0.2, 0.25) is 0 Å². The fourth-order valence-electron chi connectivity index (χ4n) is 4.42. The Hall–Kier alpha value is -4.65. The maximum Gasteiger partial charge on any atom is 0.257 e. The Morgan fingerprint density at radius 1 is 0.868 bits per heavy atom. The van der Waals surface area contributed by atoms with Crippen LogP contribution in [-0.4, -0.2) is 27.3 Å². The summed E-state index contributed by atoms with van der Waals surface area (Å²) in [7, 11) is 0. The number of carbonyl (C=O) groups is 1. The maximum absolute atomic E-state index is 14.3. The van der Waals surface area contributed by atoms with Crippen LogP contribution >= 0.6 is 0 Å². The van der Waals surface area contributed by atoms with Crippen molar-refractivity contribution < 1.29 is 13.6 Å². The summed E-state index contributed by atoms with van der Waals surface area (Å²) in [6, 6.07) is 26.8. The summed E-state index contributed by atoms with van der Waals surface area (Å²) in [5, 5.41) is 4.25. The van der Waals surface area contributed by atoms with Gasteiger partial charge in [-0.1, -0.05) is 49.4 Å². The maximum atomic E-state index is 14.3. The number of halogens is 2. The standard InChI is InChI=1S/C31H26F2N4O/c1-2-15-37(31(38)26-13-12-24(32)18-28(26)33)19-21-7-6-8-22(16-21)23-11-14-29-27(17-23)30(35-20-34-29)36-25-9-4-3-5-10-25/h3-14,16-18,20H,2,15,19H2,1H3,(H,34,35,36). The summed E-state index contributed by atoms with van der Waals surface area (Å²) in [5.41, 5.74) is 4.46. The number of carbonyl (C=O) groups excluding carboxylic acids is 1. The molecule has 0 aliphatic rings. The van der Waals surface area contributed by atoms with Crippen LogP contribution in [0.25, 0.3) is 22.0 Å². The molecule has 1 aromatic heterocycles. The number of para-hydroxylation sites is 1. The van der Waals surface area contributed by atoms with Crippen molar-refractivity contribution in [2.45, 2.75) is 19.9 Å². The van der Waals surface area contributed by atoms with E-state index in [1.807, 2.05) is 79.7 Å². The summed E-state index contributed by atoms with van der Waals surface area (Å²) in [4.78, 5) is 23.6. The van der Waals surface area contributed by atoms with E-state index >= 15 is 0 Å². The largest absolute Gasteiger partial charge is 0.340 e. The Morgan fingerprint density at radius 2 is 1.68 bits per heavy atom. The Kier molecular flexibility index (Phi) is 7.35. The number of nitrogens with one attached hydrogen (secondary N) is 1. The smallest absolute Gasteiger partial charge is 0.257 e. The lowest BCUT2D eigenvalue weighted by molar-refractivity contribution is 0.0738. The molecule has 0 atom stereocenters. The molecule has 1 amide bonds. The van der Waals surface area contributed by atoms with E-state index in [2.05, 4.69) is 15.3 Å². The molecule has 0 spiro atoms. The lowest BCUT2D eigenvalue weighted by Crippen LogP contribution is -2.32. The van der Waals surface area contributed by atoms with Crippen molar-refractivity contribution in [1.82, 2.24) is 14.9 Å². The Bertz CT molecular complexity index is 1590. The second kappa shape index (κ2) is 11.2. The van der Waals surface area contributed by atoms with Crippen LogP contribution in [0, 0.1) is 11.6 Å². The number of hydrogen-bond acceptors (Lipinski definition) is 4. The SMILES string of the molecule is CCCN(Cc1cccc(-c2ccc3ncnc(Nc4ccccc4)c3c2)c1)C(=O)c1ccc(F)cc1F. The van der Waals surface area contributed by atoms with Gasteiger partial charge in [-0.15, -0.1) is 0 Å². The molecule has 0 unspecified atom stereocenters. The second-order valence-corrected chi connectivity index (χ2v) is 9.00. The van der Waals surface area contributed by atoms with Crippen molar-refractivity contribution in [3.05, 3.63) is 120 Å². The van der Waals surface area contributed by atoms with Gasteiger partial charge in [0, 0.05) is 30.2 Å². The normalized spacial score (nSPS) is 10.9. The highest BCUT2D eigenvalue weighted by Crippen LogP contribution is 2.29. The first-order chi connectivity index (χ1) is 18.5. The molecule has 38 heavy (non-hydrogen) atoms. The number of nitrogens with zero attached hydrogens (tertiary/aromatic N) is 3. The van der Waals surface area contributed by atoms with Gasteiger partial charge in [0.1, 0.15) is 23.8 Å². The minimum absolute atomic E-state index is 0.135. The van der Waals surface area contributed by atoms with Crippen LogP contribution in [0.2, 0.25) is 0 Å². The number of amides is 1. The van der Waals surface area contributed by atoms with E-state index in [1.54, 1.807) is 4.90 Å². The summed E-state index contributed by atoms with van der Waals surface area (Å²) < 4.78 is 27.7. The average molecular weight is 509 g/mol. The van der Waals surface area contributed by atoms with Gasteiger partial charge < -0.3 is 10.2 Å². The van der Waals surface area contributed by atoms with Crippen molar-refractivity contribution in [2.24, 2.45) is 0 Å². The highest BCUT2D eigenvalue weighted by atomic mass is 19.1. The van der Waals surface area contributed by atoms with E-state index in [-0.39, 0.29) is 5.56 Å². The van der Waals surface area contributed by atoms with Crippen LogP contribution in [0.15, 0.2) is 97.3 Å². The summed E-state index contributed by atoms with van der Waals surface area (Å²) >= 11 is 0. The van der Waals surface area contributed by atoms with Crippen LogP contribution in [-0.2, 0) is 6.54 Å². The molecule has 0 saturated carbocycles. The van der Waals surface area contributed by atoms with Crippen LogP contribution in [0.1, 0.15) is 29.3 Å². The molecule has 0 bridgehead atoms. The van der Waals surface area contributed by atoms with E-state index in [0.717, 1.165) is 45.4 Å². The molecule has 0 fully saturated rings. The fraction of sp³-hybridized carbons (Fsp3) is 0.129. The Morgan fingerprint density at radius 3 is 2.47 bits per heavy atom. The second-order valence-electron chi connectivity index (χ2n) is 9.00. The van der Waals surface area contributed by atoms with Gasteiger partial charge in [0.05, 0.1) is 11.1 Å². The van der Waals surface area contributed by atoms with E-state index in [9.17, 15) is 13.6 Å². The quantitative estimate of drug-likeness (QED) is 0.238. The topological polar surface area (TPSA) is 58.1 Å². The van der Waals surface area contributed by atoms with Crippen molar-refractivity contribution >= 4 is 28.3 Å². The zero-order valence-electron chi connectivity index (χ0n) is 20.9. The first-order valence-electron chi connectivity index (χ1n) is 12.4. The predicted molar refractivity (Wildman–Crippen MR) is 146 cm³/mol. The summed E-state index contributed by atoms with van der Waals surface area (Å²) in [6.07, 6.45) is 2.24. The molecule has 0 radical (unpaired) electrons. The van der Waals surface area contributed by atoms with E-state index in [1.165, 1.54) is 12.4 Å². The Balaban J connectivity index is 1.44. The first-order valence-corrected chi connectivity index (χ1v) is 12.4. The third-order valence-electron chi connectivity index (χ3n) is 6.25. The minimum Gasteiger partial charge on any atom is -0.340 e. The predicted octanol–water partition coefficient (Wildman–Crippen LogP) is 7.37. The van der Waals surface area contributed by atoms with Crippen molar-refractivity contribution in [1.29, 1.82) is 0 Å². The van der Waals surface area contributed by atoms with Gasteiger partial charge >= 0.3 is 0 Å². The first kappa shape index (κ1) is 25.0. The van der Waals surface area contributed by atoms with Gasteiger partial charge in [0.15, 0.2) is 0 Å². The average Bonchev–Trinajstić information content (AvgIpc) is 2.93. The molecule has 5 aromatic rings. The Labute approximate surface area is 219 Å². The molecule has 1 heterocycles. The van der Waals surface area contributed by atoms with Crippen LogP contribution in [0.3, 0.4) is 0 Å². The van der Waals surface area contributed by atoms with Crippen molar-refractivity contribution in [3.8, 4) is 11.1 Å². The monoisotopic (exact) mass is 508 g/mol. The number of benzene rings is 4. The van der Waals surface area contributed by atoms with E-state index in [4.69, 9.17) is 0 Å². The molecule has 0 aliphatic carbocycles. The number of aromatic nitrogens is 2. The number of anilines is 2. The van der Waals surface area contributed by atoms with Gasteiger partial charge in [-0.05, 0) is 65.6 Å². The lowest BCUT2D eigenvalue weighted by atomic mass is 10.0. The van der Waals surface area contributed by atoms with Crippen LogP contribution in [0.4, 0.5) is 20.3 Å². The van der Waals surface area contributed by atoms with Gasteiger partial charge in [-0.3, -0.25) is 4.79 Å². The highest BCUT2D eigenvalue weighted by Gasteiger charge is 2.20. The third-order valence-corrected chi connectivity index (χ3v) is 6.25. The minimum atomic E-state index is -0.858. The molecule has 4 aromatic carbocycles. The zero-order valence-corrected chi connectivity index (χ0v) is 20.9. The molecule has 1 N–H and O–H groups in total. The molecule has 5 nitrogen and oxygen atoms in total. The van der Waals surface area contributed by atoms with E-state index in [0.29, 0.717) is 25.3 Å². The summed E-state index contributed by atoms with van der Waals surface area (Å²) in [6.45, 7) is 2.70. The van der Waals surface area contributed by atoms with Crippen LogP contribution in [0.5, 0.6) is 0 Å². The van der Waals surface area contributed by atoms with Gasteiger partial charge in [-0.25, -0.2) is 18.7 Å². The number of fused-ring (bicyclic) bond motifs is 1. The van der Waals surface area contributed by atoms with Crippen molar-refractivity contribution in [2.75, 3.05) is 11.9 Å². The lowest BCUT2D eigenvalue weighted by Gasteiger charge is -2.23. The molecule has 0 aliphatic heterocycles. The highest BCUT2D eigenvalue weighted by molar-refractivity contribution is 5.95. The molecular weight excluding hydrogens is 482 g/mol.